The summed E-state index contributed by atoms with van der Waals surface area (Å²) in [6.45, 7) is 9.64. The molecule has 0 aliphatic rings. The molecule has 0 N–H and O–H groups in total. The molecule has 2 aromatic rings. The van der Waals surface area contributed by atoms with Gasteiger partial charge in [0, 0.05) is 11.3 Å². The first kappa shape index (κ1) is 16.7. The Bertz CT molecular complexity index is 606. The molecule has 2 rings (SSSR count). The van der Waals surface area contributed by atoms with Crippen molar-refractivity contribution in [1.29, 1.82) is 0 Å². The molecular formula is C17H25ClN2S. The lowest BCUT2D eigenvalue weighted by atomic mass is 10.0. The number of thioether (sulfide) groups is 1. The van der Waals surface area contributed by atoms with Crippen LogP contribution in [0.5, 0.6) is 0 Å². The van der Waals surface area contributed by atoms with E-state index in [1.54, 1.807) is 0 Å². The number of alkyl halides is 1. The van der Waals surface area contributed by atoms with E-state index in [-0.39, 0.29) is 10.1 Å². The van der Waals surface area contributed by atoms with Crippen molar-refractivity contribution in [2.45, 2.75) is 57.2 Å². The van der Waals surface area contributed by atoms with Crippen molar-refractivity contribution in [2.24, 2.45) is 0 Å². The number of aryl methyl sites for hydroxylation is 1. The monoisotopic (exact) mass is 324 g/mol. The van der Waals surface area contributed by atoms with E-state index in [9.17, 15) is 0 Å². The van der Waals surface area contributed by atoms with Gasteiger partial charge in [0.2, 0.25) is 0 Å². The van der Waals surface area contributed by atoms with E-state index in [0.29, 0.717) is 0 Å². The first-order valence-corrected chi connectivity index (χ1v) is 9.28. The summed E-state index contributed by atoms with van der Waals surface area (Å²) in [6, 6.07) is 6.44. The van der Waals surface area contributed by atoms with Crippen LogP contribution in [0.1, 0.15) is 50.4 Å². The second-order valence-electron chi connectivity index (χ2n) is 5.76. The molecule has 0 saturated heterocycles. The van der Waals surface area contributed by atoms with Crippen LogP contribution >= 0.6 is 23.4 Å². The van der Waals surface area contributed by atoms with Crippen LogP contribution < -0.4 is 0 Å². The summed E-state index contributed by atoms with van der Waals surface area (Å²) in [6.07, 6.45) is 4.50. The first-order chi connectivity index (χ1) is 9.96. The molecular weight excluding hydrogens is 300 g/mol. The van der Waals surface area contributed by atoms with Gasteiger partial charge in [0.1, 0.15) is 5.82 Å². The van der Waals surface area contributed by atoms with Crippen molar-refractivity contribution in [3.05, 3.63) is 29.6 Å². The lowest BCUT2D eigenvalue weighted by Gasteiger charge is -2.31. The Hall–Kier alpha value is -0.670. The first-order valence-electron chi connectivity index (χ1n) is 7.62. The lowest BCUT2D eigenvalue weighted by molar-refractivity contribution is 0.463. The summed E-state index contributed by atoms with van der Waals surface area (Å²) in [5.41, 5.74) is 3.52. The van der Waals surface area contributed by atoms with Crippen molar-refractivity contribution in [3.8, 4) is 0 Å². The molecule has 21 heavy (non-hydrogen) atoms. The zero-order chi connectivity index (χ0) is 15.6. The van der Waals surface area contributed by atoms with Crippen molar-refractivity contribution >= 4 is 34.4 Å². The molecule has 1 unspecified atom stereocenters. The van der Waals surface area contributed by atoms with Crippen LogP contribution in [0.3, 0.4) is 0 Å². The van der Waals surface area contributed by atoms with Gasteiger partial charge in [-0.2, -0.15) is 11.8 Å². The van der Waals surface area contributed by atoms with Gasteiger partial charge >= 0.3 is 0 Å². The Morgan fingerprint density at radius 2 is 2.00 bits per heavy atom. The molecule has 0 spiro atoms. The molecule has 2 nitrogen and oxygen atoms in total. The molecule has 1 aromatic heterocycles. The number of hydrogen-bond donors (Lipinski definition) is 0. The fourth-order valence-electron chi connectivity index (χ4n) is 2.84. The quantitative estimate of drug-likeness (QED) is 0.647. The third-order valence-corrected chi connectivity index (χ3v) is 6.22. The number of fused-ring (bicyclic) bond motifs is 1. The number of benzene rings is 1. The zero-order valence-electron chi connectivity index (χ0n) is 13.6. The minimum absolute atomic E-state index is 0.0778. The van der Waals surface area contributed by atoms with Gasteiger partial charge in [-0.3, -0.25) is 0 Å². The van der Waals surface area contributed by atoms with E-state index in [1.165, 1.54) is 11.1 Å². The average Bonchev–Trinajstić information content (AvgIpc) is 2.83. The number of hydrogen-bond acceptors (Lipinski definition) is 2. The molecule has 0 amide bonds. The highest BCUT2D eigenvalue weighted by Crippen LogP contribution is 2.35. The Morgan fingerprint density at radius 3 is 2.52 bits per heavy atom. The van der Waals surface area contributed by atoms with Crippen molar-refractivity contribution in [1.82, 2.24) is 9.55 Å². The molecule has 0 fully saturated rings. The van der Waals surface area contributed by atoms with Gasteiger partial charge in [-0.1, -0.05) is 19.9 Å². The van der Waals surface area contributed by atoms with Gasteiger partial charge in [0.25, 0.3) is 0 Å². The summed E-state index contributed by atoms with van der Waals surface area (Å²) in [7, 11) is 0. The number of aromatic nitrogens is 2. The van der Waals surface area contributed by atoms with Crippen LogP contribution in [0, 0.1) is 6.92 Å². The minimum atomic E-state index is -0.0778. The van der Waals surface area contributed by atoms with Crippen LogP contribution in [0.25, 0.3) is 11.0 Å². The highest BCUT2D eigenvalue weighted by molar-refractivity contribution is 8.00. The second-order valence-corrected chi connectivity index (χ2v) is 7.69. The molecule has 1 atom stereocenters. The van der Waals surface area contributed by atoms with Gasteiger partial charge in [-0.15, -0.1) is 11.6 Å². The van der Waals surface area contributed by atoms with E-state index in [1.807, 2.05) is 18.7 Å². The normalized spacial score (nSPS) is 13.8. The third kappa shape index (κ3) is 3.24. The van der Waals surface area contributed by atoms with E-state index < -0.39 is 0 Å². The Kier molecular flexibility index (Phi) is 5.26. The third-order valence-electron chi connectivity index (χ3n) is 4.46. The fraction of sp³-hybridized carbons (Fsp3) is 0.588. The Balaban J connectivity index is 2.59. The average molecular weight is 325 g/mol. The van der Waals surface area contributed by atoms with Crippen LogP contribution in [0.4, 0.5) is 0 Å². The van der Waals surface area contributed by atoms with Crippen molar-refractivity contribution in [2.75, 3.05) is 6.26 Å². The van der Waals surface area contributed by atoms with Gasteiger partial charge in [-0.25, -0.2) is 4.98 Å². The van der Waals surface area contributed by atoms with Crippen LogP contribution in [-0.2, 0) is 6.54 Å². The number of halogens is 1. The minimum Gasteiger partial charge on any atom is -0.325 e. The summed E-state index contributed by atoms with van der Waals surface area (Å²) in [5, 5.41) is -0.0778. The molecule has 1 aromatic carbocycles. The number of rotatable bonds is 6. The number of nitrogens with zero attached hydrogens (tertiary/aromatic N) is 2. The molecule has 4 heteroatoms. The maximum atomic E-state index is 6.39. The zero-order valence-corrected chi connectivity index (χ0v) is 15.2. The molecule has 0 aliphatic heterocycles. The highest BCUT2D eigenvalue weighted by atomic mass is 35.5. The predicted octanol–water partition coefficient (Wildman–Crippen LogP) is 5.57. The standard InChI is InChI=1S/C17H25ClN2S/c1-6-17(7-2,21-5)11-20-15-10-12(3)8-9-14(15)19-16(20)13(4)18/h8-10,13H,6-7,11H2,1-5H3. The largest absolute Gasteiger partial charge is 0.325 e. The van der Waals surface area contributed by atoms with Gasteiger partial charge in [-0.05, 0) is 50.6 Å². The van der Waals surface area contributed by atoms with E-state index in [4.69, 9.17) is 16.6 Å². The summed E-state index contributed by atoms with van der Waals surface area (Å²) in [4.78, 5) is 4.76. The van der Waals surface area contributed by atoms with Crippen LogP contribution in [0.15, 0.2) is 18.2 Å². The number of imidazole rings is 1. The van der Waals surface area contributed by atoms with Crippen LogP contribution in [0.2, 0.25) is 0 Å². The molecule has 0 radical (unpaired) electrons. The summed E-state index contributed by atoms with van der Waals surface area (Å²) < 4.78 is 2.58. The maximum absolute atomic E-state index is 6.39. The fourth-order valence-corrected chi connectivity index (χ4v) is 3.84. The van der Waals surface area contributed by atoms with Gasteiger partial charge in [0.05, 0.1) is 16.4 Å². The van der Waals surface area contributed by atoms with Crippen LogP contribution in [-0.4, -0.2) is 20.6 Å². The molecule has 0 aliphatic carbocycles. The van der Waals surface area contributed by atoms with Crippen molar-refractivity contribution < 1.29 is 0 Å². The summed E-state index contributed by atoms with van der Waals surface area (Å²) >= 11 is 8.34. The molecule has 0 saturated carbocycles. The van der Waals surface area contributed by atoms with Gasteiger partial charge < -0.3 is 4.57 Å². The van der Waals surface area contributed by atoms with E-state index >= 15 is 0 Å². The topological polar surface area (TPSA) is 17.8 Å². The smallest absolute Gasteiger partial charge is 0.127 e. The molecule has 1 heterocycles. The highest BCUT2D eigenvalue weighted by Gasteiger charge is 2.28. The van der Waals surface area contributed by atoms with E-state index in [0.717, 1.165) is 30.7 Å². The molecule has 0 bridgehead atoms. The summed E-state index contributed by atoms with van der Waals surface area (Å²) in [5.74, 6) is 0.984. The van der Waals surface area contributed by atoms with E-state index in [2.05, 4.69) is 49.8 Å². The van der Waals surface area contributed by atoms with Gasteiger partial charge in [0.15, 0.2) is 0 Å². The Labute approximate surface area is 137 Å². The second kappa shape index (κ2) is 6.62. The molecule has 116 valence electrons. The maximum Gasteiger partial charge on any atom is 0.127 e. The predicted molar refractivity (Wildman–Crippen MR) is 95.6 cm³/mol. The lowest BCUT2D eigenvalue weighted by Crippen LogP contribution is -2.29. The SMILES string of the molecule is CCC(CC)(Cn1c(C(C)Cl)nc2ccc(C)cc21)SC. The van der Waals surface area contributed by atoms with Crippen molar-refractivity contribution in [3.63, 3.8) is 0 Å². The Morgan fingerprint density at radius 1 is 1.33 bits per heavy atom.